The molecule has 0 spiro atoms. The number of nitrogens with zero attached hydrogens (tertiary/aromatic N) is 3. The van der Waals surface area contributed by atoms with Gasteiger partial charge in [0.2, 0.25) is 0 Å². The lowest BCUT2D eigenvalue weighted by molar-refractivity contribution is 0.0785. The maximum Gasteiger partial charge on any atom is 0.253 e. The summed E-state index contributed by atoms with van der Waals surface area (Å²) in [5.74, 6) is 0.0192. The van der Waals surface area contributed by atoms with Gasteiger partial charge in [-0.1, -0.05) is 24.3 Å². The molecule has 1 fully saturated rings. The van der Waals surface area contributed by atoms with Crippen LogP contribution in [0.2, 0.25) is 0 Å². The van der Waals surface area contributed by atoms with Crippen molar-refractivity contribution >= 4 is 11.6 Å². The second-order valence-electron chi connectivity index (χ2n) is 7.03. The van der Waals surface area contributed by atoms with Crippen molar-refractivity contribution in [2.45, 2.75) is 6.54 Å². The van der Waals surface area contributed by atoms with Crippen LogP contribution in [0.4, 0.5) is 5.69 Å². The van der Waals surface area contributed by atoms with E-state index < -0.39 is 0 Å². The van der Waals surface area contributed by atoms with Gasteiger partial charge in [0.15, 0.2) is 0 Å². The van der Waals surface area contributed by atoms with Crippen LogP contribution < -0.4 is 4.90 Å². The van der Waals surface area contributed by atoms with Crippen molar-refractivity contribution in [3.05, 3.63) is 84.2 Å². The Morgan fingerprint density at radius 1 is 1.00 bits per heavy atom. The fourth-order valence-electron chi connectivity index (χ4n) is 3.61. The smallest absolute Gasteiger partial charge is 0.253 e. The molecule has 2 aromatic carbocycles. The molecule has 0 bridgehead atoms. The minimum Gasteiger partial charge on any atom is -0.378 e. The molecule has 1 aliphatic heterocycles. The van der Waals surface area contributed by atoms with Gasteiger partial charge in [0.05, 0.1) is 13.2 Å². The van der Waals surface area contributed by atoms with Crippen molar-refractivity contribution in [3.63, 3.8) is 0 Å². The predicted molar refractivity (Wildman–Crippen MR) is 111 cm³/mol. The number of aromatic nitrogens is 1. The van der Waals surface area contributed by atoms with Gasteiger partial charge >= 0.3 is 0 Å². The molecular formula is C23H25N3O2. The second-order valence-corrected chi connectivity index (χ2v) is 7.03. The van der Waals surface area contributed by atoms with E-state index in [1.165, 1.54) is 5.69 Å². The molecule has 0 radical (unpaired) electrons. The van der Waals surface area contributed by atoms with Crippen LogP contribution in [0.25, 0.3) is 5.69 Å². The number of para-hydroxylation sites is 1. The Hall–Kier alpha value is -3.05. The lowest BCUT2D eigenvalue weighted by Gasteiger charge is -2.31. The van der Waals surface area contributed by atoms with Crippen LogP contribution in [-0.2, 0) is 11.3 Å². The predicted octanol–water partition coefficient (Wildman–Crippen LogP) is 3.59. The van der Waals surface area contributed by atoms with Crippen LogP contribution in [0.3, 0.4) is 0 Å². The molecule has 1 aliphatic rings. The SMILES string of the molecule is CN(Cc1ccccc1N1CCOCC1)C(=O)c1cccc(-n2cccc2)c1. The highest BCUT2D eigenvalue weighted by molar-refractivity contribution is 5.94. The minimum atomic E-state index is 0.0192. The van der Waals surface area contributed by atoms with Crippen LogP contribution in [0.15, 0.2) is 73.1 Å². The molecule has 0 unspecified atom stereocenters. The molecule has 1 saturated heterocycles. The third kappa shape index (κ3) is 3.94. The summed E-state index contributed by atoms with van der Waals surface area (Å²) in [6.07, 6.45) is 3.96. The standard InChI is InChI=1S/C23H25N3O2/c1-24(18-20-7-2-3-10-22(20)26-13-15-28-16-14-26)23(27)19-8-6-9-21(17-19)25-11-4-5-12-25/h2-12,17H,13-16,18H2,1H3. The van der Waals surface area contributed by atoms with Crippen molar-refractivity contribution in [1.29, 1.82) is 0 Å². The summed E-state index contributed by atoms with van der Waals surface area (Å²) in [7, 11) is 1.86. The summed E-state index contributed by atoms with van der Waals surface area (Å²) in [5.41, 5.74) is 4.02. The fourth-order valence-corrected chi connectivity index (χ4v) is 3.61. The van der Waals surface area contributed by atoms with Gasteiger partial charge < -0.3 is 19.1 Å². The third-order valence-electron chi connectivity index (χ3n) is 5.09. The number of anilines is 1. The van der Waals surface area contributed by atoms with Gasteiger partial charge in [-0.05, 0) is 42.0 Å². The third-order valence-corrected chi connectivity index (χ3v) is 5.09. The lowest BCUT2D eigenvalue weighted by Crippen LogP contribution is -2.37. The number of morpholine rings is 1. The molecule has 3 aromatic rings. The van der Waals surface area contributed by atoms with E-state index in [2.05, 4.69) is 23.1 Å². The van der Waals surface area contributed by atoms with Crippen LogP contribution in [0.5, 0.6) is 0 Å². The van der Waals surface area contributed by atoms with Gasteiger partial charge in [-0.3, -0.25) is 4.79 Å². The van der Waals surface area contributed by atoms with Gasteiger partial charge in [-0.2, -0.15) is 0 Å². The van der Waals surface area contributed by atoms with Crippen molar-refractivity contribution in [2.24, 2.45) is 0 Å². The van der Waals surface area contributed by atoms with Gasteiger partial charge in [-0.15, -0.1) is 0 Å². The van der Waals surface area contributed by atoms with Crippen molar-refractivity contribution < 1.29 is 9.53 Å². The molecule has 5 heteroatoms. The number of carbonyl (C=O) groups excluding carboxylic acids is 1. The number of ether oxygens (including phenoxy) is 1. The molecule has 0 atom stereocenters. The monoisotopic (exact) mass is 375 g/mol. The molecular weight excluding hydrogens is 350 g/mol. The number of rotatable bonds is 5. The molecule has 2 heterocycles. The van der Waals surface area contributed by atoms with Crippen LogP contribution in [0.1, 0.15) is 15.9 Å². The van der Waals surface area contributed by atoms with E-state index in [4.69, 9.17) is 4.74 Å². The number of benzene rings is 2. The average Bonchev–Trinajstić information content (AvgIpc) is 3.29. The Bertz CT molecular complexity index is 931. The van der Waals surface area contributed by atoms with E-state index in [1.54, 1.807) is 4.90 Å². The lowest BCUT2D eigenvalue weighted by atomic mass is 10.1. The first kappa shape index (κ1) is 18.3. The van der Waals surface area contributed by atoms with E-state index in [9.17, 15) is 4.79 Å². The second kappa shape index (κ2) is 8.31. The van der Waals surface area contributed by atoms with Crippen LogP contribution >= 0.6 is 0 Å². The Kier molecular flexibility index (Phi) is 5.44. The maximum absolute atomic E-state index is 13.0. The number of carbonyl (C=O) groups is 1. The van der Waals surface area contributed by atoms with Gasteiger partial charge in [0.25, 0.3) is 5.91 Å². The quantitative estimate of drug-likeness (QED) is 0.684. The fraction of sp³-hybridized carbons (Fsp3) is 0.261. The van der Waals surface area contributed by atoms with Gasteiger partial charge in [0.1, 0.15) is 0 Å². The van der Waals surface area contributed by atoms with Crippen LogP contribution in [0, 0.1) is 0 Å². The molecule has 0 aliphatic carbocycles. The zero-order valence-corrected chi connectivity index (χ0v) is 16.1. The summed E-state index contributed by atoms with van der Waals surface area (Å²) < 4.78 is 7.48. The summed E-state index contributed by atoms with van der Waals surface area (Å²) in [5, 5.41) is 0. The Labute approximate surface area is 165 Å². The topological polar surface area (TPSA) is 37.7 Å². The average molecular weight is 375 g/mol. The van der Waals surface area contributed by atoms with Crippen molar-refractivity contribution in [2.75, 3.05) is 38.3 Å². The first-order valence-electron chi connectivity index (χ1n) is 9.62. The highest BCUT2D eigenvalue weighted by atomic mass is 16.5. The summed E-state index contributed by atoms with van der Waals surface area (Å²) in [6.45, 7) is 3.83. The largest absolute Gasteiger partial charge is 0.378 e. The highest BCUT2D eigenvalue weighted by Crippen LogP contribution is 2.23. The maximum atomic E-state index is 13.0. The van der Waals surface area contributed by atoms with Crippen molar-refractivity contribution in [3.8, 4) is 5.69 Å². The van der Waals surface area contributed by atoms with Gasteiger partial charge in [-0.25, -0.2) is 0 Å². The number of hydrogen-bond acceptors (Lipinski definition) is 3. The highest BCUT2D eigenvalue weighted by Gasteiger charge is 2.18. The minimum absolute atomic E-state index is 0.0192. The van der Waals surface area contributed by atoms with Gasteiger partial charge in [0, 0.05) is 56.0 Å². The van der Waals surface area contributed by atoms with E-state index in [1.807, 2.05) is 66.5 Å². The normalized spacial score (nSPS) is 14.1. The number of amides is 1. The first-order valence-corrected chi connectivity index (χ1v) is 9.62. The molecule has 1 amide bonds. The first-order chi connectivity index (χ1) is 13.7. The van der Waals surface area contributed by atoms with E-state index in [0.717, 1.165) is 37.6 Å². The zero-order chi connectivity index (χ0) is 19.3. The van der Waals surface area contributed by atoms with Crippen LogP contribution in [-0.4, -0.2) is 48.7 Å². The number of hydrogen-bond donors (Lipinski definition) is 0. The molecule has 4 rings (SSSR count). The summed E-state index contributed by atoms with van der Waals surface area (Å²) in [6, 6.07) is 20.0. The molecule has 0 saturated carbocycles. The van der Waals surface area contributed by atoms with E-state index in [0.29, 0.717) is 12.1 Å². The Morgan fingerprint density at radius 2 is 1.75 bits per heavy atom. The Balaban J connectivity index is 1.52. The molecule has 1 aromatic heterocycles. The van der Waals surface area contributed by atoms with E-state index >= 15 is 0 Å². The summed E-state index contributed by atoms with van der Waals surface area (Å²) >= 11 is 0. The Morgan fingerprint density at radius 3 is 2.54 bits per heavy atom. The molecule has 5 nitrogen and oxygen atoms in total. The molecule has 144 valence electrons. The molecule has 0 N–H and O–H groups in total. The van der Waals surface area contributed by atoms with Crippen molar-refractivity contribution in [1.82, 2.24) is 9.47 Å². The zero-order valence-electron chi connectivity index (χ0n) is 16.1. The molecule has 28 heavy (non-hydrogen) atoms. The van der Waals surface area contributed by atoms with E-state index in [-0.39, 0.29) is 5.91 Å². The summed E-state index contributed by atoms with van der Waals surface area (Å²) in [4.78, 5) is 17.2.